The molecule has 2 aliphatic rings. The fourth-order valence-corrected chi connectivity index (χ4v) is 4.72. The quantitative estimate of drug-likeness (QED) is 0.723. The van der Waals surface area contributed by atoms with Crippen LogP contribution in [0.5, 0.6) is 5.75 Å². The Kier molecular flexibility index (Phi) is 7.33. The van der Waals surface area contributed by atoms with E-state index < -0.39 is 0 Å². The summed E-state index contributed by atoms with van der Waals surface area (Å²) in [5.74, 6) is 0.651. The van der Waals surface area contributed by atoms with Crippen molar-refractivity contribution in [3.63, 3.8) is 0 Å². The molecule has 6 nitrogen and oxygen atoms in total. The number of hydrogen-bond acceptors (Lipinski definition) is 5. The second kappa shape index (κ2) is 10.4. The number of nitrogens with zero attached hydrogens (tertiary/aromatic N) is 3. The molecule has 1 amide bonds. The molecule has 0 aromatic heterocycles. The van der Waals surface area contributed by atoms with Crippen molar-refractivity contribution in [3.05, 3.63) is 59.2 Å². The van der Waals surface area contributed by atoms with Crippen LogP contribution < -0.4 is 15.0 Å². The molecular weight excluding hydrogens is 400 g/mol. The predicted molar refractivity (Wildman–Crippen MR) is 130 cm³/mol. The average molecular weight is 437 g/mol. The summed E-state index contributed by atoms with van der Waals surface area (Å²) in [6, 6.07) is 14.8. The molecule has 32 heavy (non-hydrogen) atoms. The molecule has 172 valence electrons. The van der Waals surface area contributed by atoms with Gasteiger partial charge in [0.15, 0.2) is 6.61 Å². The number of carbonyl (C=O) groups is 1. The van der Waals surface area contributed by atoms with Crippen LogP contribution in [0.25, 0.3) is 0 Å². The van der Waals surface area contributed by atoms with Crippen molar-refractivity contribution in [1.82, 2.24) is 15.1 Å². The average Bonchev–Trinajstić information content (AvgIpc) is 2.79. The smallest absolute Gasteiger partial charge is 0.258 e. The van der Waals surface area contributed by atoms with Crippen LogP contribution in [0, 0.1) is 6.92 Å². The van der Waals surface area contributed by atoms with E-state index >= 15 is 0 Å². The molecule has 1 atom stereocenters. The SMILES string of the molecule is Cc1cccc(OCC(=O)NC[C@@H](c2ccc3c(c2)CCCN3C)N2CCN(C)CC2)c1. The molecule has 0 saturated carbocycles. The topological polar surface area (TPSA) is 48.1 Å². The predicted octanol–water partition coefficient (Wildman–Crippen LogP) is 2.86. The summed E-state index contributed by atoms with van der Waals surface area (Å²) in [6.45, 7) is 7.88. The van der Waals surface area contributed by atoms with Gasteiger partial charge in [0, 0.05) is 52.0 Å². The molecule has 1 N–H and O–H groups in total. The zero-order chi connectivity index (χ0) is 22.5. The number of carbonyl (C=O) groups excluding carboxylic acids is 1. The van der Waals surface area contributed by atoms with Crippen LogP contribution in [0.4, 0.5) is 5.69 Å². The van der Waals surface area contributed by atoms with Gasteiger partial charge >= 0.3 is 0 Å². The minimum absolute atomic E-state index is 0.0356. The van der Waals surface area contributed by atoms with E-state index in [1.165, 1.54) is 23.2 Å². The van der Waals surface area contributed by atoms with E-state index in [0.717, 1.165) is 50.5 Å². The van der Waals surface area contributed by atoms with Gasteiger partial charge in [-0.05, 0) is 61.7 Å². The summed E-state index contributed by atoms with van der Waals surface area (Å²) in [5, 5.41) is 3.13. The van der Waals surface area contributed by atoms with Gasteiger partial charge in [-0.3, -0.25) is 9.69 Å². The van der Waals surface area contributed by atoms with E-state index in [1.54, 1.807) is 0 Å². The Morgan fingerprint density at radius 3 is 2.66 bits per heavy atom. The van der Waals surface area contributed by atoms with Gasteiger partial charge in [0.2, 0.25) is 0 Å². The second-order valence-electron chi connectivity index (χ2n) is 9.18. The molecule has 4 rings (SSSR count). The minimum atomic E-state index is -0.0803. The van der Waals surface area contributed by atoms with Crippen molar-refractivity contribution in [2.45, 2.75) is 25.8 Å². The first-order valence-electron chi connectivity index (χ1n) is 11.7. The number of piperazine rings is 1. The number of rotatable bonds is 7. The lowest BCUT2D eigenvalue weighted by atomic mass is 9.95. The van der Waals surface area contributed by atoms with E-state index in [1.807, 2.05) is 31.2 Å². The maximum atomic E-state index is 12.6. The minimum Gasteiger partial charge on any atom is -0.484 e. The molecule has 1 saturated heterocycles. The van der Waals surface area contributed by atoms with Gasteiger partial charge in [-0.25, -0.2) is 0 Å². The third kappa shape index (κ3) is 5.61. The summed E-state index contributed by atoms with van der Waals surface area (Å²) in [4.78, 5) is 19.8. The fraction of sp³-hybridized carbons (Fsp3) is 0.500. The number of likely N-dealkylation sites (N-methyl/N-ethyl adjacent to an activating group) is 1. The summed E-state index contributed by atoms with van der Waals surface area (Å²) in [6.07, 6.45) is 2.32. The number of hydrogen-bond donors (Lipinski definition) is 1. The number of aryl methyl sites for hydroxylation is 2. The van der Waals surface area contributed by atoms with Crippen LogP contribution in [0.1, 0.15) is 29.2 Å². The maximum absolute atomic E-state index is 12.6. The largest absolute Gasteiger partial charge is 0.484 e. The Morgan fingerprint density at radius 1 is 1.06 bits per heavy atom. The maximum Gasteiger partial charge on any atom is 0.258 e. The molecule has 2 aromatic carbocycles. The summed E-state index contributed by atoms with van der Waals surface area (Å²) < 4.78 is 5.69. The number of fused-ring (bicyclic) bond motifs is 1. The normalized spacial score (nSPS) is 18.2. The van der Waals surface area contributed by atoms with Gasteiger partial charge in [0.25, 0.3) is 5.91 Å². The molecule has 1 fully saturated rings. The standard InChI is InChI=1S/C26H36N4O2/c1-20-6-4-8-23(16-20)32-19-26(31)27-18-25(30-14-12-28(2)13-15-30)22-9-10-24-21(17-22)7-5-11-29(24)3/h4,6,8-10,16-17,25H,5,7,11-15,18-19H2,1-3H3,(H,27,31)/t25-/m0/s1. The molecule has 2 heterocycles. The second-order valence-corrected chi connectivity index (χ2v) is 9.18. The van der Waals surface area contributed by atoms with Crippen molar-refractivity contribution in [3.8, 4) is 5.75 Å². The van der Waals surface area contributed by atoms with Crippen molar-refractivity contribution in [1.29, 1.82) is 0 Å². The number of nitrogens with one attached hydrogen (secondary N) is 1. The lowest BCUT2D eigenvalue weighted by Gasteiger charge is -2.39. The molecule has 2 aliphatic heterocycles. The van der Waals surface area contributed by atoms with E-state index in [0.29, 0.717) is 6.54 Å². The molecule has 2 aromatic rings. The Labute approximate surface area is 192 Å². The lowest BCUT2D eigenvalue weighted by molar-refractivity contribution is -0.123. The Balaban J connectivity index is 1.43. The molecule has 6 heteroatoms. The molecule has 0 aliphatic carbocycles. The van der Waals surface area contributed by atoms with Crippen molar-refractivity contribution < 1.29 is 9.53 Å². The number of amides is 1. The highest BCUT2D eigenvalue weighted by atomic mass is 16.5. The number of anilines is 1. The molecule has 0 bridgehead atoms. The molecular formula is C26H36N4O2. The van der Waals surface area contributed by atoms with Gasteiger partial charge < -0.3 is 19.9 Å². The fourth-order valence-electron chi connectivity index (χ4n) is 4.72. The third-order valence-corrected chi connectivity index (χ3v) is 6.67. The van der Waals surface area contributed by atoms with Gasteiger partial charge in [-0.2, -0.15) is 0 Å². The van der Waals surface area contributed by atoms with Gasteiger partial charge in [-0.15, -0.1) is 0 Å². The van der Waals surface area contributed by atoms with Crippen LogP contribution in [0.3, 0.4) is 0 Å². The van der Waals surface area contributed by atoms with Crippen LogP contribution >= 0.6 is 0 Å². The summed E-state index contributed by atoms with van der Waals surface area (Å²) in [5.41, 5.74) is 5.18. The first-order valence-corrected chi connectivity index (χ1v) is 11.7. The number of benzene rings is 2. The third-order valence-electron chi connectivity index (χ3n) is 6.67. The van der Waals surface area contributed by atoms with Crippen LogP contribution in [0.2, 0.25) is 0 Å². The summed E-state index contributed by atoms with van der Waals surface area (Å²) in [7, 11) is 4.34. The van der Waals surface area contributed by atoms with E-state index in [-0.39, 0.29) is 18.6 Å². The Morgan fingerprint density at radius 2 is 1.88 bits per heavy atom. The lowest BCUT2D eigenvalue weighted by Crippen LogP contribution is -2.48. The highest BCUT2D eigenvalue weighted by Crippen LogP contribution is 2.31. The number of ether oxygens (including phenoxy) is 1. The summed E-state index contributed by atoms with van der Waals surface area (Å²) >= 11 is 0. The molecule has 0 unspecified atom stereocenters. The van der Waals surface area contributed by atoms with E-state index in [9.17, 15) is 4.79 Å². The Hall–Kier alpha value is -2.57. The van der Waals surface area contributed by atoms with Crippen LogP contribution in [-0.4, -0.2) is 75.7 Å². The van der Waals surface area contributed by atoms with Crippen molar-refractivity contribution >= 4 is 11.6 Å². The first kappa shape index (κ1) is 22.6. The monoisotopic (exact) mass is 436 g/mol. The molecule has 0 radical (unpaired) electrons. The highest BCUT2D eigenvalue weighted by Gasteiger charge is 2.26. The zero-order valence-corrected chi connectivity index (χ0v) is 19.6. The van der Waals surface area contributed by atoms with E-state index in [4.69, 9.17) is 4.74 Å². The van der Waals surface area contributed by atoms with Crippen LogP contribution in [-0.2, 0) is 11.2 Å². The highest BCUT2D eigenvalue weighted by molar-refractivity contribution is 5.77. The van der Waals surface area contributed by atoms with Gasteiger partial charge in [0.05, 0.1) is 6.04 Å². The zero-order valence-electron chi connectivity index (χ0n) is 19.6. The Bertz CT molecular complexity index is 924. The van der Waals surface area contributed by atoms with Gasteiger partial charge in [0.1, 0.15) is 5.75 Å². The van der Waals surface area contributed by atoms with Gasteiger partial charge in [-0.1, -0.05) is 24.3 Å². The van der Waals surface area contributed by atoms with Crippen molar-refractivity contribution in [2.24, 2.45) is 0 Å². The van der Waals surface area contributed by atoms with Crippen molar-refractivity contribution in [2.75, 3.05) is 64.9 Å². The van der Waals surface area contributed by atoms with Crippen LogP contribution in [0.15, 0.2) is 42.5 Å². The molecule has 0 spiro atoms. The first-order chi connectivity index (χ1) is 15.5. The van der Waals surface area contributed by atoms with E-state index in [2.05, 4.69) is 52.3 Å².